The zero-order valence-electron chi connectivity index (χ0n) is 14.9. The molecule has 1 aliphatic rings. The molecule has 8 heteroatoms. The summed E-state index contributed by atoms with van der Waals surface area (Å²) < 4.78 is 31.5. The molecule has 2 rings (SSSR count). The third kappa shape index (κ3) is 6.07. The lowest BCUT2D eigenvalue weighted by Gasteiger charge is -2.31. The first-order valence-corrected chi connectivity index (χ1v) is 10.1. The Labute approximate surface area is 150 Å². The Hall–Kier alpha value is -1.48. The zero-order chi connectivity index (χ0) is 18.3. The number of ether oxygens (including phenoxy) is 1. The molecule has 0 aromatic heterocycles. The lowest BCUT2D eigenvalue weighted by molar-refractivity contribution is 0.0948. The van der Waals surface area contributed by atoms with Crippen LogP contribution in [0.5, 0.6) is 0 Å². The van der Waals surface area contributed by atoms with Gasteiger partial charge >= 0.3 is 0 Å². The van der Waals surface area contributed by atoms with E-state index in [9.17, 15) is 13.2 Å². The highest BCUT2D eigenvalue weighted by Gasteiger charge is 2.25. The number of piperazine rings is 1. The molecule has 1 aliphatic heterocycles. The van der Waals surface area contributed by atoms with Gasteiger partial charge in [0, 0.05) is 52.0 Å². The Morgan fingerprint density at radius 2 is 1.80 bits per heavy atom. The average Bonchev–Trinajstić information content (AvgIpc) is 2.59. The minimum absolute atomic E-state index is 0.0353. The second-order valence-corrected chi connectivity index (χ2v) is 8.23. The second-order valence-electron chi connectivity index (χ2n) is 6.26. The third-order valence-corrected chi connectivity index (χ3v) is 6.08. The molecule has 1 saturated heterocycles. The maximum Gasteiger partial charge on any atom is 0.251 e. The molecular formula is C17H27N3O4S. The van der Waals surface area contributed by atoms with Gasteiger partial charge in [0.1, 0.15) is 0 Å². The number of carbonyl (C=O) groups is 1. The van der Waals surface area contributed by atoms with Gasteiger partial charge in [0.05, 0.1) is 5.75 Å². The van der Waals surface area contributed by atoms with E-state index in [0.717, 1.165) is 19.5 Å². The summed E-state index contributed by atoms with van der Waals surface area (Å²) in [4.78, 5) is 14.1. The summed E-state index contributed by atoms with van der Waals surface area (Å²) >= 11 is 0. The lowest BCUT2D eigenvalue weighted by atomic mass is 10.1. The summed E-state index contributed by atoms with van der Waals surface area (Å²) in [5.41, 5.74) is 1.22. The Balaban J connectivity index is 1.90. The molecule has 0 bridgehead atoms. The molecule has 0 aliphatic carbocycles. The van der Waals surface area contributed by atoms with Crippen LogP contribution in [0.1, 0.15) is 22.3 Å². The number of sulfonamides is 1. The van der Waals surface area contributed by atoms with Crippen molar-refractivity contribution in [3.8, 4) is 0 Å². The van der Waals surface area contributed by atoms with Gasteiger partial charge in [0.2, 0.25) is 10.0 Å². The molecule has 0 spiro atoms. The number of likely N-dealkylation sites (N-methyl/N-ethyl adjacent to an activating group) is 1. The number of carbonyl (C=O) groups excluding carboxylic acids is 1. The first-order valence-electron chi connectivity index (χ1n) is 8.45. The van der Waals surface area contributed by atoms with Crippen LogP contribution in [0.15, 0.2) is 24.3 Å². The first kappa shape index (κ1) is 19.8. The predicted octanol–water partition coefficient (Wildman–Crippen LogP) is 0.530. The summed E-state index contributed by atoms with van der Waals surface area (Å²) in [6.45, 7) is 3.71. The van der Waals surface area contributed by atoms with Crippen molar-refractivity contribution < 1.29 is 17.9 Å². The maximum atomic E-state index is 12.5. The average molecular weight is 369 g/mol. The zero-order valence-corrected chi connectivity index (χ0v) is 15.7. The highest BCUT2D eigenvalue weighted by Crippen LogP contribution is 2.14. The number of amides is 1. The Morgan fingerprint density at radius 1 is 1.16 bits per heavy atom. The van der Waals surface area contributed by atoms with Crippen molar-refractivity contribution in [1.29, 1.82) is 0 Å². The van der Waals surface area contributed by atoms with Crippen molar-refractivity contribution in [2.24, 2.45) is 0 Å². The Morgan fingerprint density at radius 3 is 2.40 bits per heavy atom. The fourth-order valence-electron chi connectivity index (χ4n) is 2.64. The van der Waals surface area contributed by atoms with Gasteiger partial charge in [0.25, 0.3) is 5.91 Å². The van der Waals surface area contributed by atoms with E-state index in [1.54, 1.807) is 35.7 Å². The van der Waals surface area contributed by atoms with E-state index in [1.165, 1.54) is 0 Å². The van der Waals surface area contributed by atoms with Gasteiger partial charge in [-0.05, 0) is 31.2 Å². The van der Waals surface area contributed by atoms with Gasteiger partial charge in [0.15, 0.2) is 0 Å². The van der Waals surface area contributed by atoms with Gasteiger partial charge in [-0.3, -0.25) is 4.79 Å². The monoisotopic (exact) mass is 369 g/mol. The van der Waals surface area contributed by atoms with Crippen molar-refractivity contribution in [1.82, 2.24) is 14.5 Å². The van der Waals surface area contributed by atoms with E-state index >= 15 is 0 Å². The first-order chi connectivity index (χ1) is 11.9. The van der Waals surface area contributed by atoms with Crippen LogP contribution in [0.4, 0.5) is 0 Å². The summed E-state index contributed by atoms with van der Waals surface area (Å²) in [6.07, 6.45) is 0.754. The summed E-state index contributed by atoms with van der Waals surface area (Å²) in [5.74, 6) is -0.198. The largest absolute Gasteiger partial charge is 0.385 e. The van der Waals surface area contributed by atoms with E-state index in [4.69, 9.17) is 4.74 Å². The van der Waals surface area contributed by atoms with E-state index < -0.39 is 10.0 Å². The summed E-state index contributed by atoms with van der Waals surface area (Å²) in [5, 5.41) is 2.81. The summed E-state index contributed by atoms with van der Waals surface area (Å²) in [6, 6.07) is 6.75. The maximum absolute atomic E-state index is 12.5. The van der Waals surface area contributed by atoms with Crippen molar-refractivity contribution in [2.75, 3.05) is 53.5 Å². The number of benzene rings is 1. The number of nitrogens with zero attached hydrogens (tertiary/aromatic N) is 2. The van der Waals surface area contributed by atoms with Crippen LogP contribution in [0.2, 0.25) is 0 Å². The van der Waals surface area contributed by atoms with Crippen molar-refractivity contribution >= 4 is 15.9 Å². The molecule has 140 valence electrons. The van der Waals surface area contributed by atoms with E-state index in [1.807, 2.05) is 7.05 Å². The van der Waals surface area contributed by atoms with E-state index in [-0.39, 0.29) is 11.7 Å². The molecule has 0 unspecified atom stereocenters. The summed E-state index contributed by atoms with van der Waals surface area (Å²) in [7, 11) is 0.290. The van der Waals surface area contributed by atoms with Gasteiger partial charge in [-0.2, -0.15) is 4.31 Å². The van der Waals surface area contributed by atoms with Crippen LogP contribution in [-0.2, 0) is 20.5 Å². The molecule has 0 atom stereocenters. The molecule has 1 fully saturated rings. The minimum atomic E-state index is -3.32. The number of hydrogen-bond donors (Lipinski definition) is 1. The van der Waals surface area contributed by atoms with Gasteiger partial charge in [-0.1, -0.05) is 12.1 Å². The Kier molecular flexibility index (Phi) is 7.37. The van der Waals surface area contributed by atoms with E-state index in [0.29, 0.717) is 37.4 Å². The normalized spacial score (nSPS) is 16.7. The van der Waals surface area contributed by atoms with Gasteiger partial charge in [-0.25, -0.2) is 8.42 Å². The van der Waals surface area contributed by atoms with Crippen LogP contribution in [0.25, 0.3) is 0 Å². The molecule has 0 saturated carbocycles. The van der Waals surface area contributed by atoms with E-state index in [2.05, 4.69) is 10.2 Å². The van der Waals surface area contributed by atoms with Crippen molar-refractivity contribution in [3.05, 3.63) is 35.4 Å². The molecule has 1 N–H and O–H groups in total. The van der Waals surface area contributed by atoms with Crippen LogP contribution < -0.4 is 5.32 Å². The van der Waals surface area contributed by atoms with Crippen LogP contribution in [0.3, 0.4) is 0 Å². The number of nitrogens with one attached hydrogen (secondary N) is 1. The number of methoxy groups -OCH3 is 1. The highest BCUT2D eigenvalue weighted by molar-refractivity contribution is 7.88. The molecular weight excluding hydrogens is 342 g/mol. The van der Waals surface area contributed by atoms with Crippen LogP contribution in [0, 0.1) is 0 Å². The van der Waals surface area contributed by atoms with Crippen molar-refractivity contribution in [2.45, 2.75) is 12.2 Å². The third-order valence-electron chi connectivity index (χ3n) is 4.23. The predicted molar refractivity (Wildman–Crippen MR) is 97.0 cm³/mol. The quantitative estimate of drug-likeness (QED) is 0.676. The molecule has 7 nitrogen and oxygen atoms in total. The fourth-order valence-corrected chi connectivity index (χ4v) is 4.16. The SMILES string of the molecule is COCCCNC(=O)c1ccc(CS(=O)(=O)N2CCN(C)CC2)cc1. The Bertz CT molecular complexity index is 653. The molecule has 1 aromatic carbocycles. The van der Waals surface area contributed by atoms with Gasteiger partial charge in [-0.15, -0.1) is 0 Å². The van der Waals surface area contributed by atoms with Crippen molar-refractivity contribution in [3.63, 3.8) is 0 Å². The topological polar surface area (TPSA) is 78.9 Å². The smallest absolute Gasteiger partial charge is 0.251 e. The number of hydrogen-bond acceptors (Lipinski definition) is 5. The number of rotatable bonds is 8. The standard InChI is InChI=1S/C17H27N3O4S/c1-19-9-11-20(12-10-19)25(22,23)14-15-4-6-16(7-5-15)17(21)18-8-3-13-24-2/h4-7H,3,8-14H2,1-2H3,(H,18,21). The molecule has 0 radical (unpaired) electrons. The highest BCUT2D eigenvalue weighted by atomic mass is 32.2. The van der Waals surface area contributed by atoms with Crippen LogP contribution in [-0.4, -0.2) is 77.0 Å². The molecule has 1 amide bonds. The minimum Gasteiger partial charge on any atom is -0.385 e. The molecule has 25 heavy (non-hydrogen) atoms. The second kappa shape index (κ2) is 9.28. The van der Waals surface area contributed by atoms with Crippen LogP contribution >= 0.6 is 0 Å². The fraction of sp³-hybridized carbons (Fsp3) is 0.588. The lowest BCUT2D eigenvalue weighted by Crippen LogP contribution is -2.47. The molecule has 1 aromatic rings. The molecule has 1 heterocycles. The van der Waals surface area contributed by atoms with Gasteiger partial charge < -0.3 is 15.0 Å².